The molecule has 0 atom stereocenters. The van der Waals surface area contributed by atoms with Crippen molar-refractivity contribution in [3.63, 3.8) is 0 Å². The minimum Gasteiger partial charge on any atom is -0.394 e. The van der Waals surface area contributed by atoms with Gasteiger partial charge in [-0.3, -0.25) is 4.72 Å². The van der Waals surface area contributed by atoms with Crippen molar-refractivity contribution in [1.82, 2.24) is 4.72 Å². The maximum atomic E-state index is 8.48. The highest BCUT2D eigenvalue weighted by atomic mass is 79.9. The van der Waals surface area contributed by atoms with Gasteiger partial charge in [-0.1, -0.05) is 22.0 Å². The summed E-state index contributed by atoms with van der Waals surface area (Å²) in [6, 6.07) is 8.08. The van der Waals surface area contributed by atoms with Gasteiger partial charge in [0.1, 0.15) is 0 Å². The van der Waals surface area contributed by atoms with E-state index >= 15 is 0 Å². The van der Waals surface area contributed by atoms with Gasteiger partial charge < -0.3 is 9.84 Å². The van der Waals surface area contributed by atoms with Crippen LogP contribution in [0.5, 0.6) is 0 Å². The molecule has 0 aliphatic rings. The van der Waals surface area contributed by atoms with Crippen molar-refractivity contribution in [1.29, 1.82) is 0 Å². The molecule has 1 rings (SSSR count). The van der Waals surface area contributed by atoms with Crippen LogP contribution in [0.4, 0.5) is 0 Å². The summed E-state index contributed by atoms with van der Waals surface area (Å²) < 4.78 is 9.36. The molecule has 5 heteroatoms. The fourth-order valence-electron chi connectivity index (χ4n) is 0.945. The van der Waals surface area contributed by atoms with E-state index in [1.54, 1.807) is 11.9 Å². The van der Waals surface area contributed by atoms with Gasteiger partial charge in [-0.25, -0.2) is 0 Å². The summed E-state index contributed by atoms with van der Waals surface area (Å²) in [5, 5.41) is 8.48. The van der Waals surface area contributed by atoms with E-state index in [-0.39, 0.29) is 6.61 Å². The van der Waals surface area contributed by atoms with Crippen LogP contribution in [0, 0.1) is 0 Å². The topological polar surface area (TPSA) is 41.5 Å². The fourth-order valence-corrected chi connectivity index (χ4v) is 2.18. The average molecular weight is 292 g/mol. The summed E-state index contributed by atoms with van der Waals surface area (Å²) in [6.45, 7) is 1.86. The molecule has 15 heavy (non-hydrogen) atoms. The van der Waals surface area contributed by atoms with Crippen LogP contribution in [0.3, 0.4) is 0 Å². The lowest BCUT2D eigenvalue weighted by Crippen LogP contribution is -2.13. The normalized spacial score (nSPS) is 10.5. The van der Waals surface area contributed by atoms with Crippen LogP contribution in [0.25, 0.3) is 0 Å². The van der Waals surface area contributed by atoms with Crippen LogP contribution in [0.2, 0.25) is 0 Å². The maximum absolute atomic E-state index is 8.48. The predicted octanol–water partition coefficient (Wildman–Crippen LogP) is 2.05. The van der Waals surface area contributed by atoms with Crippen LogP contribution in [0.1, 0.15) is 0 Å². The van der Waals surface area contributed by atoms with Gasteiger partial charge in [-0.2, -0.15) is 0 Å². The van der Waals surface area contributed by atoms with Crippen molar-refractivity contribution >= 4 is 27.9 Å². The van der Waals surface area contributed by atoms with E-state index in [1.165, 1.54) is 0 Å². The summed E-state index contributed by atoms with van der Waals surface area (Å²) in [7, 11) is 0. The van der Waals surface area contributed by atoms with Gasteiger partial charge in [-0.15, -0.1) is 0 Å². The van der Waals surface area contributed by atoms with E-state index in [4.69, 9.17) is 9.84 Å². The molecule has 0 fully saturated rings. The molecule has 1 aromatic rings. The zero-order chi connectivity index (χ0) is 10.9. The summed E-state index contributed by atoms with van der Waals surface area (Å²) in [4.78, 5) is 1.16. The molecule has 0 spiro atoms. The predicted molar refractivity (Wildman–Crippen MR) is 65.9 cm³/mol. The number of benzene rings is 1. The molecule has 0 amide bonds. The average Bonchev–Trinajstić information content (AvgIpc) is 2.23. The summed E-state index contributed by atoms with van der Waals surface area (Å²) >= 11 is 4.98. The molecular weight excluding hydrogens is 278 g/mol. The monoisotopic (exact) mass is 291 g/mol. The number of aliphatic hydroxyl groups is 1. The Hall–Kier alpha value is -0.0700. The third-order valence-corrected chi connectivity index (χ3v) is 2.90. The Kier molecular flexibility index (Phi) is 7.04. The minimum atomic E-state index is 0.0821. The molecule has 0 heterocycles. The molecule has 0 bridgehead atoms. The number of aliphatic hydroxyl groups excluding tert-OH is 1. The second-order valence-corrected chi connectivity index (χ2v) is 4.67. The van der Waals surface area contributed by atoms with Gasteiger partial charge in [0.25, 0.3) is 0 Å². The molecule has 0 aliphatic heterocycles. The van der Waals surface area contributed by atoms with Crippen molar-refractivity contribution in [2.45, 2.75) is 4.90 Å². The van der Waals surface area contributed by atoms with Gasteiger partial charge in [-0.05, 0) is 30.1 Å². The van der Waals surface area contributed by atoms with E-state index in [1.807, 2.05) is 24.3 Å². The van der Waals surface area contributed by atoms with Crippen molar-refractivity contribution in [3.8, 4) is 0 Å². The molecule has 0 radical (unpaired) electrons. The van der Waals surface area contributed by atoms with E-state index in [0.717, 1.165) is 15.9 Å². The van der Waals surface area contributed by atoms with Crippen LogP contribution in [-0.2, 0) is 4.74 Å². The van der Waals surface area contributed by atoms with Gasteiger partial charge in [0.15, 0.2) is 0 Å². The Morgan fingerprint density at radius 2 is 2.27 bits per heavy atom. The number of rotatable bonds is 7. The van der Waals surface area contributed by atoms with Crippen LogP contribution in [0.15, 0.2) is 33.6 Å². The molecule has 1 aromatic carbocycles. The Morgan fingerprint density at radius 3 is 3.00 bits per heavy atom. The highest BCUT2D eigenvalue weighted by Gasteiger charge is 1.94. The smallest absolute Gasteiger partial charge is 0.0698 e. The van der Waals surface area contributed by atoms with Gasteiger partial charge in [0, 0.05) is 15.9 Å². The number of halogens is 1. The number of hydrogen-bond donors (Lipinski definition) is 2. The standard InChI is InChI=1S/C10H14BrNO2S/c11-9-2-1-3-10(8-9)15-12-4-6-14-7-5-13/h1-3,8,12-13H,4-7H2. The molecule has 0 saturated heterocycles. The summed E-state index contributed by atoms with van der Waals surface area (Å²) in [6.07, 6.45) is 0. The second kappa shape index (κ2) is 8.13. The first-order valence-corrected chi connectivity index (χ1v) is 6.28. The largest absolute Gasteiger partial charge is 0.394 e. The van der Waals surface area contributed by atoms with Gasteiger partial charge >= 0.3 is 0 Å². The Morgan fingerprint density at radius 1 is 1.40 bits per heavy atom. The molecule has 0 saturated carbocycles. The van der Waals surface area contributed by atoms with Crippen LogP contribution < -0.4 is 4.72 Å². The quantitative estimate of drug-likeness (QED) is 0.596. The third-order valence-electron chi connectivity index (χ3n) is 1.57. The lowest BCUT2D eigenvalue weighted by molar-refractivity contribution is 0.0964. The maximum Gasteiger partial charge on any atom is 0.0698 e. The van der Waals surface area contributed by atoms with E-state index < -0.39 is 0 Å². The zero-order valence-corrected chi connectivity index (χ0v) is 10.7. The number of nitrogens with one attached hydrogen (secondary N) is 1. The first-order valence-electron chi connectivity index (χ1n) is 4.67. The van der Waals surface area contributed by atoms with E-state index in [9.17, 15) is 0 Å². The SMILES string of the molecule is OCCOCCNSc1cccc(Br)c1. The minimum absolute atomic E-state index is 0.0821. The lowest BCUT2D eigenvalue weighted by atomic mass is 10.4. The first kappa shape index (κ1) is 13.0. The molecule has 0 unspecified atom stereocenters. The number of hydrogen-bond acceptors (Lipinski definition) is 4. The molecule has 0 aromatic heterocycles. The lowest BCUT2D eigenvalue weighted by Gasteiger charge is -2.04. The Balaban J connectivity index is 2.10. The van der Waals surface area contributed by atoms with Crippen molar-refractivity contribution in [3.05, 3.63) is 28.7 Å². The highest BCUT2D eigenvalue weighted by Crippen LogP contribution is 2.18. The second-order valence-electron chi connectivity index (χ2n) is 2.79. The van der Waals surface area contributed by atoms with Crippen molar-refractivity contribution in [2.75, 3.05) is 26.4 Å². The summed E-state index contributed by atoms with van der Waals surface area (Å²) in [5.41, 5.74) is 0. The third kappa shape index (κ3) is 6.17. The number of ether oxygens (including phenoxy) is 1. The first-order chi connectivity index (χ1) is 7.33. The van der Waals surface area contributed by atoms with Crippen LogP contribution >= 0.6 is 27.9 Å². The highest BCUT2D eigenvalue weighted by molar-refractivity contribution is 9.10. The van der Waals surface area contributed by atoms with Crippen molar-refractivity contribution in [2.24, 2.45) is 0 Å². The Labute approximate surface area is 102 Å². The van der Waals surface area contributed by atoms with E-state index in [2.05, 4.69) is 20.7 Å². The van der Waals surface area contributed by atoms with Crippen LogP contribution in [-0.4, -0.2) is 31.5 Å². The fraction of sp³-hybridized carbons (Fsp3) is 0.400. The molecule has 2 N–H and O–H groups in total. The summed E-state index contributed by atoms with van der Waals surface area (Å²) in [5.74, 6) is 0. The van der Waals surface area contributed by atoms with Crippen molar-refractivity contribution < 1.29 is 9.84 Å². The molecule has 84 valence electrons. The molecular formula is C10H14BrNO2S. The van der Waals surface area contributed by atoms with Gasteiger partial charge in [0.2, 0.25) is 0 Å². The van der Waals surface area contributed by atoms with Gasteiger partial charge in [0.05, 0.1) is 19.8 Å². The Bertz CT molecular complexity index is 286. The van der Waals surface area contributed by atoms with E-state index in [0.29, 0.717) is 13.2 Å². The molecule has 0 aliphatic carbocycles. The zero-order valence-electron chi connectivity index (χ0n) is 8.28. The molecule has 3 nitrogen and oxygen atoms in total.